The molecule has 0 fully saturated rings. The zero-order valence-electron chi connectivity index (χ0n) is 10.7. The van der Waals surface area contributed by atoms with Crippen LogP contribution in [0.2, 0.25) is 0 Å². The van der Waals surface area contributed by atoms with Crippen LogP contribution in [0.3, 0.4) is 0 Å². The SMILES string of the molecule is CCCN=C(N)NCCCOCc1ccco1.I. The van der Waals surface area contributed by atoms with Crippen molar-refractivity contribution in [3.05, 3.63) is 24.2 Å². The molecule has 0 amide bonds. The number of nitrogens with zero attached hydrogens (tertiary/aromatic N) is 1. The van der Waals surface area contributed by atoms with Crippen LogP contribution < -0.4 is 11.1 Å². The Labute approximate surface area is 125 Å². The molecule has 0 aliphatic heterocycles. The highest BCUT2D eigenvalue weighted by Gasteiger charge is 1.95. The number of rotatable bonds is 8. The van der Waals surface area contributed by atoms with E-state index in [2.05, 4.69) is 17.2 Å². The largest absolute Gasteiger partial charge is 0.467 e. The maximum Gasteiger partial charge on any atom is 0.188 e. The van der Waals surface area contributed by atoms with Crippen molar-refractivity contribution in [2.75, 3.05) is 19.7 Å². The summed E-state index contributed by atoms with van der Waals surface area (Å²) in [4.78, 5) is 4.13. The van der Waals surface area contributed by atoms with Gasteiger partial charge in [-0.25, -0.2) is 0 Å². The fraction of sp³-hybridized carbons (Fsp3) is 0.583. The monoisotopic (exact) mass is 367 g/mol. The molecule has 6 heteroatoms. The Balaban J connectivity index is 0.00000289. The standard InChI is InChI=1S/C12H21N3O2.HI/c1-2-6-14-12(13)15-7-4-8-16-10-11-5-3-9-17-11;/h3,5,9H,2,4,6-8,10H2,1H3,(H3,13,14,15);1H. The highest BCUT2D eigenvalue weighted by atomic mass is 127. The summed E-state index contributed by atoms with van der Waals surface area (Å²) in [6.07, 6.45) is 3.54. The van der Waals surface area contributed by atoms with Crippen LogP contribution in [0.4, 0.5) is 0 Å². The first-order valence-electron chi connectivity index (χ1n) is 5.97. The quantitative estimate of drug-likeness (QED) is 0.320. The average molecular weight is 367 g/mol. The lowest BCUT2D eigenvalue weighted by molar-refractivity contribution is 0.105. The molecule has 0 aromatic carbocycles. The lowest BCUT2D eigenvalue weighted by Crippen LogP contribution is -2.33. The first-order chi connectivity index (χ1) is 8.33. The third-order valence-corrected chi connectivity index (χ3v) is 2.10. The second-order valence-corrected chi connectivity index (χ2v) is 3.68. The molecule has 0 bridgehead atoms. The van der Waals surface area contributed by atoms with Gasteiger partial charge < -0.3 is 20.2 Å². The van der Waals surface area contributed by atoms with Gasteiger partial charge in [-0.2, -0.15) is 0 Å². The summed E-state index contributed by atoms with van der Waals surface area (Å²) in [6.45, 7) is 4.81. The van der Waals surface area contributed by atoms with Gasteiger partial charge in [-0.15, -0.1) is 24.0 Å². The lowest BCUT2D eigenvalue weighted by atomic mass is 10.4. The van der Waals surface area contributed by atoms with Crippen molar-refractivity contribution < 1.29 is 9.15 Å². The number of nitrogens with one attached hydrogen (secondary N) is 1. The molecule has 1 heterocycles. The highest BCUT2D eigenvalue weighted by Crippen LogP contribution is 2.01. The van der Waals surface area contributed by atoms with Crippen molar-refractivity contribution in [2.45, 2.75) is 26.4 Å². The van der Waals surface area contributed by atoms with E-state index in [9.17, 15) is 0 Å². The molecule has 0 spiro atoms. The van der Waals surface area contributed by atoms with Crippen molar-refractivity contribution in [3.63, 3.8) is 0 Å². The third kappa shape index (κ3) is 8.35. The molecular formula is C12H22IN3O2. The highest BCUT2D eigenvalue weighted by molar-refractivity contribution is 14.0. The van der Waals surface area contributed by atoms with E-state index < -0.39 is 0 Å². The van der Waals surface area contributed by atoms with Crippen LogP contribution in [-0.2, 0) is 11.3 Å². The molecule has 104 valence electrons. The van der Waals surface area contributed by atoms with Gasteiger partial charge in [-0.3, -0.25) is 4.99 Å². The molecule has 0 unspecified atom stereocenters. The van der Waals surface area contributed by atoms with Gasteiger partial charge in [-0.1, -0.05) is 6.92 Å². The van der Waals surface area contributed by atoms with Gasteiger partial charge in [0, 0.05) is 19.7 Å². The molecule has 3 N–H and O–H groups in total. The van der Waals surface area contributed by atoms with E-state index in [1.54, 1.807) is 6.26 Å². The van der Waals surface area contributed by atoms with Gasteiger partial charge in [0.05, 0.1) is 6.26 Å². The molecule has 0 radical (unpaired) electrons. The van der Waals surface area contributed by atoms with Crippen LogP contribution in [0.25, 0.3) is 0 Å². The number of halogens is 1. The summed E-state index contributed by atoms with van der Waals surface area (Å²) < 4.78 is 10.6. The van der Waals surface area contributed by atoms with Crippen molar-refractivity contribution in [2.24, 2.45) is 10.7 Å². The fourth-order valence-electron chi connectivity index (χ4n) is 1.25. The van der Waals surface area contributed by atoms with E-state index in [1.165, 1.54) is 0 Å². The number of ether oxygens (including phenoxy) is 1. The molecule has 0 atom stereocenters. The first-order valence-corrected chi connectivity index (χ1v) is 5.97. The zero-order chi connectivity index (χ0) is 12.3. The van der Waals surface area contributed by atoms with Gasteiger partial charge in [0.2, 0.25) is 0 Å². The van der Waals surface area contributed by atoms with Crippen LogP contribution in [-0.4, -0.2) is 25.7 Å². The summed E-state index contributed by atoms with van der Waals surface area (Å²) in [5, 5.41) is 3.04. The Morgan fingerprint density at radius 3 is 3.06 bits per heavy atom. The van der Waals surface area contributed by atoms with Gasteiger partial charge in [-0.05, 0) is 25.0 Å². The molecule has 0 aliphatic rings. The number of furan rings is 1. The van der Waals surface area contributed by atoms with Crippen molar-refractivity contribution in [1.29, 1.82) is 0 Å². The number of hydrogen-bond acceptors (Lipinski definition) is 3. The van der Waals surface area contributed by atoms with Crippen LogP contribution in [0.1, 0.15) is 25.5 Å². The number of hydrogen-bond donors (Lipinski definition) is 2. The molecule has 0 saturated heterocycles. The molecule has 1 aromatic heterocycles. The maximum absolute atomic E-state index is 5.63. The predicted octanol–water partition coefficient (Wildman–Crippen LogP) is 2.12. The van der Waals surface area contributed by atoms with E-state index >= 15 is 0 Å². The molecule has 1 rings (SSSR count). The van der Waals surface area contributed by atoms with E-state index in [4.69, 9.17) is 14.9 Å². The van der Waals surface area contributed by atoms with Crippen LogP contribution in [0.15, 0.2) is 27.8 Å². The lowest BCUT2D eigenvalue weighted by Gasteiger charge is -2.05. The summed E-state index contributed by atoms with van der Waals surface area (Å²) in [6, 6.07) is 3.75. The molecular weight excluding hydrogens is 345 g/mol. The van der Waals surface area contributed by atoms with Crippen LogP contribution in [0.5, 0.6) is 0 Å². The molecule has 1 aromatic rings. The van der Waals surface area contributed by atoms with E-state index in [0.717, 1.165) is 31.7 Å². The predicted molar refractivity (Wildman–Crippen MR) is 83.2 cm³/mol. The second kappa shape index (κ2) is 11.3. The minimum Gasteiger partial charge on any atom is -0.467 e. The smallest absolute Gasteiger partial charge is 0.188 e. The average Bonchev–Trinajstić information content (AvgIpc) is 2.84. The van der Waals surface area contributed by atoms with Crippen LogP contribution >= 0.6 is 24.0 Å². The molecule has 5 nitrogen and oxygen atoms in total. The Hall–Kier alpha value is -0.760. The Kier molecular flexibility index (Phi) is 10.9. The van der Waals surface area contributed by atoms with E-state index in [0.29, 0.717) is 19.2 Å². The molecule has 0 aliphatic carbocycles. The minimum absolute atomic E-state index is 0. The van der Waals surface area contributed by atoms with E-state index in [-0.39, 0.29) is 24.0 Å². The third-order valence-electron chi connectivity index (χ3n) is 2.10. The van der Waals surface area contributed by atoms with Gasteiger partial charge >= 0.3 is 0 Å². The Bertz CT molecular complexity index is 315. The fourth-order valence-corrected chi connectivity index (χ4v) is 1.25. The van der Waals surface area contributed by atoms with Crippen molar-refractivity contribution >= 4 is 29.9 Å². The second-order valence-electron chi connectivity index (χ2n) is 3.68. The number of aliphatic imine (C=N–C) groups is 1. The van der Waals surface area contributed by atoms with Crippen molar-refractivity contribution in [1.82, 2.24) is 5.32 Å². The summed E-state index contributed by atoms with van der Waals surface area (Å²) in [5.74, 6) is 1.36. The molecule has 18 heavy (non-hydrogen) atoms. The normalized spacial score (nSPS) is 11.1. The van der Waals surface area contributed by atoms with Gasteiger partial charge in [0.15, 0.2) is 5.96 Å². The summed E-state index contributed by atoms with van der Waals surface area (Å²) >= 11 is 0. The van der Waals surface area contributed by atoms with Gasteiger partial charge in [0.1, 0.15) is 12.4 Å². The minimum atomic E-state index is 0. The summed E-state index contributed by atoms with van der Waals surface area (Å²) in [7, 11) is 0. The topological polar surface area (TPSA) is 72.8 Å². The number of guanidine groups is 1. The number of nitrogens with two attached hydrogens (primary N) is 1. The summed E-state index contributed by atoms with van der Waals surface area (Å²) in [5.41, 5.74) is 5.63. The maximum atomic E-state index is 5.63. The first kappa shape index (κ1) is 17.2. The van der Waals surface area contributed by atoms with Crippen LogP contribution in [0, 0.1) is 0 Å². The van der Waals surface area contributed by atoms with Gasteiger partial charge in [0.25, 0.3) is 0 Å². The Morgan fingerprint density at radius 1 is 1.56 bits per heavy atom. The molecule has 0 saturated carbocycles. The van der Waals surface area contributed by atoms with E-state index in [1.807, 2.05) is 12.1 Å². The Morgan fingerprint density at radius 2 is 2.39 bits per heavy atom. The zero-order valence-corrected chi connectivity index (χ0v) is 13.1. The van der Waals surface area contributed by atoms with Crippen molar-refractivity contribution in [3.8, 4) is 0 Å².